The molecule has 288 valence electrons. The maximum atomic E-state index is 9.61. The van der Waals surface area contributed by atoms with Crippen LogP contribution in [0.3, 0.4) is 0 Å². The molecular formula is C42H36I2O6P2S4. The lowest BCUT2D eigenvalue weighted by atomic mass is 10.00. The van der Waals surface area contributed by atoms with Crippen LogP contribution in [0.1, 0.15) is 56.1 Å². The average Bonchev–Trinajstić information content (AvgIpc) is 3.24. The summed E-state index contributed by atoms with van der Waals surface area (Å²) in [5.74, 6) is 3.24. The van der Waals surface area contributed by atoms with E-state index in [2.05, 4.69) is 104 Å². The van der Waals surface area contributed by atoms with E-state index < -0.39 is 0 Å². The maximum Gasteiger partial charge on any atom is 0.293 e. The van der Waals surface area contributed by atoms with E-state index in [9.17, 15) is 10.2 Å². The fourth-order valence-corrected chi connectivity index (χ4v) is 8.80. The molecule has 0 aromatic heterocycles. The predicted molar refractivity (Wildman–Crippen MR) is 255 cm³/mol. The summed E-state index contributed by atoms with van der Waals surface area (Å²) in [6.07, 6.45) is -0.364. The Hall–Kier alpha value is -2.68. The number of halogens is 2. The first-order chi connectivity index (χ1) is 28.1. The molecule has 0 aliphatic carbocycles. The topological polar surface area (TPSA) is 99.4 Å². The molecule has 0 saturated carbocycles. The van der Waals surface area contributed by atoms with Gasteiger partial charge in [0.05, 0.1) is 20.3 Å². The van der Waals surface area contributed by atoms with E-state index in [1.165, 1.54) is 11.1 Å². The summed E-state index contributed by atoms with van der Waals surface area (Å²) >= 11 is 16.4. The van der Waals surface area contributed by atoms with Crippen LogP contribution in [0.25, 0.3) is 0 Å². The van der Waals surface area contributed by atoms with Crippen LogP contribution in [-0.2, 0) is 23.6 Å². The van der Waals surface area contributed by atoms with E-state index >= 15 is 0 Å². The lowest BCUT2D eigenvalue weighted by Crippen LogP contribution is -2.19. The Labute approximate surface area is 378 Å². The molecule has 2 aliphatic heterocycles. The first-order valence-electron chi connectivity index (χ1n) is 17.7. The highest BCUT2D eigenvalue weighted by molar-refractivity contribution is 14.2. The lowest BCUT2D eigenvalue weighted by molar-refractivity contribution is 0.190. The second kappa shape index (κ2) is 21.9. The molecule has 8 rings (SSSR count). The second-order valence-electron chi connectivity index (χ2n) is 12.5. The summed E-state index contributed by atoms with van der Waals surface area (Å²) in [5.41, 5.74) is 6.60. The molecule has 14 heteroatoms. The minimum atomic E-state index is -0.182. The summed E-state index contributed by atoms with van der Waals surface area (Å²) in [5, 5.41) is 28.4. The monoisotopic (exact) mass is 1080 g/mol. The first-order valence-corrected chi connectivity index (χ1v) is 28.0. The van der Waals surface area contributed by atoms with E-state index in [4.69, 9.17) is 12.3 Å². The highest BCUT2D eigenvalue weighted by Gasteiger charge is 2.35. The van der Waals surface area contributed by atoms with Crippen molar-refractivity contribution in [3.05, 3.63) is 167 Å². The minimum absolute atomic E-state index is 0.0497. The molecule has 0 radical (unpaired) electrons. The number of rotatable bonds is 6. The van der Waals surface area contributed by atoms with Crippen LogP contribution in [0.2, 0.25) is 0 Å². The predicted octanol–water partition coefficient (Wildman–Crippen LogP) is 14.2. The molecule has 0 spiro atoms. The summed E-state index contributed by atoms with van der Waals surface area (Å²) in [7, 11) is 0. The number of hydrogen-bond donors (Lipinski definition) is 4. The molecule has 6 nitrogen and oxygen atoms in total. The third-order valence-electron chi connectivity index (χ3n) is 8.62. The fourth-order valence-electron chi connectivity index (χ4n) is 6.02. The molecule has 0 saturated heterocycles. The van der Waals surface area contributed by atoms with E-state index in [1.807, 2.05) is 72.8 Å². The molecule has 4 atom stereocenters. The summed E-state index contributed by atoms with van der Waals surface area (Å²) in [6, 6.07) is 41.8. The Morgan fingerprint density at radius 1 is 0.518 bits per heavy atom. The molecule has 4 N–H and O–H groups in total. The minimum Gasteiger partial charge on any atom is -0.508 e. The van der Waals surface area contributed by atoms with Gasteiger partial charge in [-0.15, -0.1) is 23.5 Å². The van der Waals surface area contributed by atoms with Gasteiger partial charge in [0.15, 0.2) is 0 Å². The Morgan fingerprint density at radius 3 is 1.14 bits per heavy atom. The number of phenols is 4. The highest BCUT2D eigenvalue weighted by atomic mass is 127. The Balaban J connectivity index is 0.000000195. The SMILES string of the molecule is S=PI.S=PI.[3H]Oc1ccc([C@@H]2Sc3cc(C)ccc3O[C@@H]2c2ccc(O)cc2)cc1.[3H]Oc1ccc([C@H]2Sc3cc(C)ccc3O[C@H]2c2ccc(O)cc2)cc1. The largest absolute Gasteiger partial charge is 0.508 e. The van der Waals surface area contributed by atoms with Crippen molar-refractivity contribution in [2.75, 3.05) is 0 Å². The number of thioether (sulfide) groups is 2. The zero-order valence-electron chi connectivity index (χ0n) is 31.8. The molecule has 56 heavy (non-hydrogen) atoms. The molecule has 2 heterocycles. The number of hydrogen-bond acceptors (Lipinski definition) is 10. The smallest absolute Gasteiger partial charge is 0.293 e. The van der Waals surface area contributed by atoms with Gasteiger partial charge < -0.3 is 29.9 Å². The van der Waals surface area contributed by atoms with Crippen molar-refractivity contribution in [2.45, 2.75) is 46.3 Å². The Bertz CT molecular complexity index is 2100. The molecule has 2 aliphatic rings. The zero-order valence-corrected chi connectivity index (χ0v) is 39.2. The molecule has 6 aromatic carbocycles. The third-order valence-corrected chi connectivity index (χ3v) is 11.3. The van der Waals surface area contributed by atoms with Gasteiger partial charge >= 0.3 is 0 Å². The van der Waals surface area contributed by atoms with E-state index in [0.717, 1.165) is 53.5 Å². The number of aryl methyl sites for hydroxylation is 2. The van der Waals surface area contributed by atoms with Crippen LogP contribution in [0.5, 0.6) is 34.5 Å². The lowest BCUT2D eigenvalue weighted by Gasteiger charge is -2.34. The van der Waals surface area contributed by atoms with Crippen LogP contribution >= 0.6 is 77.6 Å². The van der Waals surface area contributed by atoms with Crippen molar-refractivity contribution >= 4 is 101 Å². The van der Waals surface area contributed by atoms with Crippen molar-refractivity contribution in [2.24, 2.45) is 0 Å². The molecule has 6 aromatic rings. The summed E-state index contributed by atoms with van der Waals surface area (Å²) in [6.45, 7) is 4.14. The van der Waals surface area contributed by atoms with Gasteiger partial charge in [-0.25, -0.2) is 0 Å². The molecular weight excluding hydrogens is 1040 g/mol. The summed E-state index contributed by atoms with van der Waals surface area (Å²) in [4.78, 5) is 4.17. The average molecular weight is 1080 g/mol. The summed E-state index contributed by atoms with van der Waals surface area (Å²) < 4.78 is 26.8. The van der Waals surface area contributed by atoms with Crippen LogP contribution in [0.4, 0.5) is 0 Å². The van der Waals surface area contributed by atoms with Crippen LogP contribution in [-0.4, -0.2) is 23.3 Å². The molecule has 0 unspecified atom stereocenters. The standard InChI is InChI=1S/2C21H18O3S.2IPS/c2*1-13-2-11-18-19(12-13)25-21(15-5-9-17(23)10-6-15)20(24-18)14-3-7-16(22)8-4-14;2*1-2-3/h2*2-12,20-23H,1H3;;/t2*20-,21+;;/m10../s1/i/hT2. The molecule has 0 amide bonds. The van der Waals surface area contributed by atoms with Crippen molar-refractivity contribution in [3.63, 3.8) is 0 Å². The number of aromatic hydroxyl groups is 4. The van der Waals surface area contributed by atoms with Crippen molar-refractivity contribution in [1.29, 1.82) is 2.86 Å². The van der Waals surface area contributed by atoms with Gasteiger partial charge in [0.2, 0.25) is 0 Å². The molecule has 0 bridgehead atoms. The Morgan fingerprint density at radius 2 is 0.821 bits per heavy atom. The van der Waals surface area contributed by atoms with E-state index in [1.54, 1.807) is 72.1 Å². The zero-order chi connectivity index (χ0) is 41.6. The fraction of sp³-hybridized carbons (Fsp3) is 0.143. The Kier molecular flexibility index (Phi) is 16.2. The van der Waals surface area contributed by atoms with Crippen LogP contribution in [0, 0.1) is 13.8 Å². The number of ether oxygens (including phenoxy) is 2. The van der Waals surface area contributed by atoms with Gasteiger partial charge in [-0.2, -0.15) is 0 Å². The van der Waals surface area contributed by atoms with Crippen LogP contribution < -0.4 is 9.47 Å². The van der Waals surface area contributed by atoms with E-state index in [0.29, 0.717) is 11.5 Å². The quantitative estimate of drug-likeness (QED) is 0.0953. The van der Waals surface area contributed by atoms with Crippen molar-refractivity contribution in [3.8, 4) is 34.5 Å². The van der Waals surface area contributed by atoms with E-state index in [-0.39, 0.29) is 34.2 Å². The number of benzene rings is 6. The second-order valence-corrected chi connectivity index (χ2v) is 23.1. The number of phenolic OH excluding ortho intramolecular Hbond substituents is 4. The highest BCUT2D eigenvalue weighted by Crippen LogP contribution is 2.55. The van der Waals surface area contributed by atoms with Gasteiger partial charge in [0, 0.05) is 10.00 Å². The van der Waals surface area contributed by atoms with Crippen LogP contribution in [0.15, 0.2) is 143 Å². The normalized spacial score (nSPS) is 18.1. The van der Waals surface area contributed by atoms with Gasteiger partial charge in [0.25, 0.3) is 2.86 Å². The third kappa shape index (κ3) is 12.2. The van der Waals surface area contributed by atoms with Crippen molar-refractivity contribution in [1.82, 2.24) is 0 Å². The molecule has 0 fully saturated rings. The van der Waals surface area contributed by atoms with Gasteiger partial charge in [-0.3, -0.25) is 0 Å². The first kappa shape index (κ1) is 41.5. The maximum absolute atomic E-state index is 9.61. The van der Waals surface area contributed by atoms with Gasteiger partial charge in [0.1, 0.15) is 46.7 Å². The van der Waals surface area contributed by atoms with Gasteiger partial charge in [-0.1, -0.05) is 60.7 Å². The van der Waals surface area contributed by atoms with Crippen molar-refractivity contribution < 1.29 is 29.9 Å². The number of fused-ring (bicyclic) bond motifs is 2. The van der Waals surface area contributed by atoms with Gasteiger partial charge in [-0.05, 0) is 188 Å².